The van der Waals surface area contributed by atoms with Gasteiger partial charge in [0.1, 0.15) is 0 Å². The summed E-state index contributed by atoms with van der Waals surface area (Å²) in [6.07, 6.45) is -0.433. The highest BCUT2D eigenvalue weighted by Gasteiger charge is 2.20. The van der Waals surface area contributed by atoms with Gasteiger partial charge in [-0.1, -0.05) is 31.5 Å². The van der Waals surface area contributed by atoms with Gasteiger partial charge in [0.15, 0.2) is 6.10 Å². The van der Waals surface area contributed by atoms with Crippen LogP contribution in [0, 0.1) is 12.8 Å². The van der Waals surface area contributed by atoms with Crippen LogP contribution in [-0.4, -0.2) is 23.8 Å². The van der Waals surface area contributed by atoms with Gasteiger partial charge in [0.2, 0.25) is 0 Å². The molecule has 0 saturated heterocycles. The number of carbonyl (C=O) groups is 1. The zero-order valence-electron chi connectivity index (χ0n) is 10.9. The second kappa shape index (κ2) is 6.76. The number of hydrogen-bond donors (Lipinski definition) is 1. The summed E-state index contributed by atoms with van der Waals surface area (Å²) < 4.78 is 5.42. The number of carboxylic acids is 1. The summed E-state index contributed by atoms with van der Waals surface area (Å²) in [4.78, 5) is 11.1. The van der Waals surface area contributed by atoms with Crippen LogP contribution in [0.5, 0.6) is 0 Å². The van der Waals surface area contributed by atoms with Crippen molar-refractivity contribution < 1.29 is 14.6 Å². The first kappa shape index (κ1) is 15.0. The first-order valence-electron chi connectivity index (χ1n) is 5.99. The Morgan fingerprint density at radius 2 is 2.11 bits per heavy atom. The predicted molar refractivity (Wildman–Crippen MR) is 72.1 cm³/mol. The number of benzene rings is 1. The van der Waals surface area contributed by atoms with Crippen LogP contribution in [-0.2, 0) is 16.0 Å². The van der Waals surface area contributed by atoms with Gasteiger partial charge < -0.3 is 9.84 Å². The molecule has 1 N–H and O–H groups in total. The molecular weight excluding hydrogens is 252 g/mol. The summed E-state index contributed by atoms with van der Waals surface area (Å²) in [6.45, 7) is 6.35. The van der Waals surface area contributed by atoms with E-state index in [1.54, 1.807) is 6.07 Å². The van der Waals surface area contributed by atoms with Gasteiger partial charge in [0, 0.05) is 11.4 Å². The van der Waals surface area contributed by atoms with Crippen molar-refractivity contribution in [3.05, 3.63) is 34.3 Å². The molecule has 1 aromatic rings. The lowest BCUT2D eigenvalue weighted by molar-refractivity contribution is -0.150. The van der Waals surface area contributed by atoms with Gasteiger partial charge in [0.25, 0.3) is 0 Å². The average Bonchev–Trinajstić information content (AvgIpc) is 2.26. The topological polar surface area (TPSA) is 46.5 Å². The summed E-state index contributed by atoms with van der Waals surface area (Å²) >= 11 is 5.87. The summed E-state index contributed by atoms with van der Waals surface area (Å²) in [5.41, 5.74) is 1.94. The lowest BCUT2D eigenvalue weighted by Gasteiger charge is -2.16. The SMILES string of the molecule is Cc1cc(Cl)ccc1C[C@H](OCC(C)C)C(=O)O. The van der Waals surface area contributed by atoms with Crippen molar-refractivity contribution in [3.8, 4) is 0 Å². The monoisotopic (exact) mass is 270 g/mol. The molecule has 0 amide bonds. The Balaban J connectivity index is 2.73. The van der Waals surface area contributed by atoms with Crippen LogP contribution in [0.3, 0.4) is 0 Å². The fourth-order valence-electron chi connectivity index (χ4n) is 1.61. The van der Waals surface area contributed by atoms with Crippen LogP contribution in [0.25, 0.3) is 0 Å². The second-order valence-electron chi connectivity index (χ2n) is 4.83. The van der Waals surface area contributed by atoms with Gasteiger partial charge in [-0.05, 0) is 36.1 Å². The molecule has 1 aromatic carbocycles. The zero-order chi connectivity index (χ0) is 13.7. The maximum Gasteiger partial charge on any atom is 0.333 e. The van der Waals surface area contributed by atoms with Crippen LogP contribution in [0.15, 0.2) is 18.2 Å². The third kappa shape index (κ3) is 4.67. The van der Waals surface area contributed by atoms with E-state index in [1.807, 2.05) is 32.9 Å². The van der Waals surface area contributed by atoms with E-state index in [4.69, 9.17) is 21.4 Å². The molecule has 3 nitrogen and oxygen atoms in total. The first-order valence-corrected chi connectivity index (χ1v) is 6.37. The van der Waals surface area contributed by atoms with Crippen molar-refractivity contribution in [1.29, 1.82) is 0 Å². The number of aliphatic carboxylic acids is 1. The van der Waals surface area contributed by atoms with E-state index in [1.165, 1.54) is 0 Å². The van der Waals surface area contributed by atoms with Crippen molar-refractivity contribution in [1.82, 2.24) is 0 Å². The molecule has 100 valence electrons. The van der Waals surface area contributed by atoms with Crippen LogP contribution in [0.2, 0.25) is 5.02 Å². The van der Waals surface area contributed by atoms with E-state index in [2.05, 4.69) is 0 Å². The molecule has 1 rings (SSSR count). The number of ether oxygens (including phenoxy) is 1. The predicted octanol–water partition coefficient (Wildman–Crippen LogP) is 3.32. The highest BCUT2D eigenvalue weighted by atomic mass is 35.5. The summed E-state index contributed by atoms with van der Waals surface area (Å²) in [5, 5.41) is 9.80. The molecule has 0 aliphatic rings. The van der Waals surface area contributed by atoms with Gasteiger partial charge in [-0.15, -0.1) is 0 Å². The number of aryl methyl sites for hydroxylation is 1. The van der Waals surface area contributed by atoms with E-state index in [-0.39, 0.29) is 0 Å². The highest BCUT2D eigenvalue weighted by molar-refractivity contribution is 6.30. The molecule has 18 heavy (non-hydrogen) atoms. The van der Waals surface area contributed by atoms with E-state index in [0.717, 1.165) is 11.1 Å². The third-order valence-electron chi connectivity index (χ3n) is 2.62. The molecule has 0 spiro atoms. The molecule has 0 unspecified atom stereocenters. The molecule has 0 bridgehead atoms. The molecule has 4 heteroatoms. The van der Waals surface area contributed by atoms with Gasteiger partial charge in [-0.2, -0.15) is 0 Å². The summed E-state index contributed by atoms with van der Waals surface area (Å²) in [5.74, 6) is -0.608. The molecule has 0 saturated carbocycles. The normalized spacial score (nSPS) is 12.7. The van der Waals surface area contributed by atoms with Crippen molar-refractivity contribution in [3.63, 3.8) is 0 Å². The fourth-order valence-corrected chi connectivity index (χ4v) is 1.84. The lowest BCUT2D eigenvalue weighted by Crippen LogP contribution is -2.28. The van der Waals surface area contributed by atoms with Crippen molar-refractivity contribution in [2.24, 2.45) is 5.92 Å². The third-order valence-corrected chi connectivity index (χ3v) is 2.85. The molecule has 0 fully saturated rings. The van der Waals surface area contributed by atoms with E-state index < -0.39 is 12.1 Å². The Morgan fingerprint density at radius 3 is 2.61 bits per heavy atom. The standard InChI is InChI=1S/C14H19ClO3/c1-9(2)8-18-13(14(16)17)7-11-4-5-12(15)6-10(11)3/h4-6,9,13H,7-8H2,1-3H3,(H,16,17)/t13-/m0/s1. The Hall–Kier alpha value is -1.06. The smallest absolute Gasteiger partial charge is 0.333 e. The Bertz CT molecular complexity index is 416. The van der Waals surface area contributed by atoms with Crippen LogP contribution >= 0.6 is 11.6 Å². The minimum absolute atomic E-state index is 0.318. The van der Waals surface area contributed by atoms with Crippen molar-refractivity contribution in [2.45, 2.75) is 33.3 Å². The van der Waals surface area contributed by atoms with Crippen molar-refractivity contribution in [2.75, 3.05) is 6.61 Å². The molecule has 0 aliphatic heterocycles. The molecule has 1 atom stereocenters. The van der Waals surface area contributed by atoms with E-state index in [0.29, 0.717) is 24.0 Å². The number of carboxylic acid groups (broad SMARTS) is 1. The van der Waals surface area contributed by atoms with E-state index >= 15 is 0 Å². The zero-order valence-corrected chi connectivity index (χ0v) is 11.7. The average molecular weight is 271 g/mol. The Kier molecular flexibility index (Phi) is 5.63. The molecule has 0 radical (unpaired) electrons. The van der Waals surface area contributed by atoms with Crippen LogP contribution in [0.1, 0.15) is 25.0 Å². The minimum Gasteiger partial charge on any atom is -0.479 e. The lowest BCUT2D eigenvalue weighted by atomic mass is 10.0. The number of rotatable bonds is 6. The Labute approximate surface area is 113 Å². The first-order chi connectivity index (χ1) is 8.40. The fraction of sp³-hybridized carbons (Fsp3) is 0.500. The Morgan fingerprint density at radius 1 is 1.44 bits per heavy atom. The second-order valence-corrected chi connectivity index (χ2v) is 5.27. The largest absolute Gasteiger partial charge is 0.479 e. The highest BCUT2D eigenvalue weighted by Crippen LogP contribution is 2.17. The summed E-state index contributed by atoms with van der Waals surface area (Å²) in [7, 11) is 0. The molecular formula is C14H19ClO3. The van der Waals surface area contributed by atoms with Gasteiger partial charge in [-0.3, -0.25) is 0 Å². The van der Waals surface area contributed by atoms with Gasteiger partial charge >= 0.3 is 5.97 Å². The van der Waals surface area contributed by atoms with E-state index in [9.17, 15) is 4.79 Å². The van der Waals surface area contributed by atoms with Crippen LogP contribution in [0.4, 0.5) is 0 Å². The molecule has 0 heterocycles. The maximum atomic E-state index is 11.1. The maximum absolute atomic E-state index is 11.1. The molecule has 0 aliphatic carbocycles. The quantitative estimate of drug-likeness (QED) is 0.863. The number of hydrogen-bond acceptors (Lipinski definition) is 2. The number of halogens is 1. The minimum atomic E-state index is -0.926. The van der Waals surface area contributed by atoms with Crippen LogP contribution < -0.4 is 0 Å². The summed E-state index contributed by atoms with van der Waals surface area (Å²) in [6, 6.07) is 5.45. The van der Waals surface area contributed by atoms with Gasteiger partial charge in [-0.25, -0.2) is 4.79 Å². The van der Waals surface area contributed by atoms with Crippen molar-refractivity contribution >= 4 is 17.6 Å². The molecule has 0 aromatic heterocycles. The van der Waals surface area contributed by atoms with Gasteiger partial charge in [0.05, 0.1) is 6.61 Å².